The predicted molar refractivity (Wildman–Crippen MR) is 74.7 cm³/mol. The molecule has 0 spiro atoms. The van der Waals surface area contributed by atoms with Crippen LogP contribution in [0.4, 0.5) is 0 Å². The Morgan fingerprint density at radius 3 is 2.88 bits per heavy atom. The molecule has 0 saturated carbocycles. The highest BCUT2D eigenvalue weighted by Crippen LogP contribution is 2.28. The van der Waals surface area contributed by atoms with Crippen LogP contribution in [0.5, 0.6) is 0 Å². The Morgan fingerprint density at radius 1 is 1.31 bits per heavy atom. The molecule has 0 saturated heterocycles. The van der Waals surface area contributed by atoms with E-state index >= 15 is 0 Å². The van der Waals surface area contributed by atoms with E-state index in [9.17, 15) is 0 Å². The van der Waals surface area contributed by atoms with Gasteiger partial charge in [0, 0.05) is 22.7 Å². The molecular weight excluding hydrogens is 214 g/mol. The molecule has 2 aromatic rings. The van der Waals surface area contributed by atoms with Gasteiger partial charge in [0.25, 0.3) is 0 Å². The molecule has 1 aromatic carbocycles. The van der Waals surface area contributed by atoms with Crippen LogP contribution in [0, 0.1) is 0 Å². The van der Waals surface area contributed by atoms with Crippen molar-refractivity contribution in [1.29, 1.82) is 0 Å². The summed E-state index contributed by atoms with van der Waals surface area (Å²) in [5.41, 5.74) is 3.99. The lowest BCUT2D eigenvalue weighted by atomic mass is 10.0. The van der Waals surface area contributed by atoms with Gasteiger partial charge in [0.1, 0.15) is 0 Å². The lowest BCUT2D eigenvalue weighted by Gasteiger charge is -2.02. The van der Waals surface area contributed by atoms with Crippen LogP contribution in [0.2, 0.25) is 0 Å². The van der Waals surface area contributed by atoms with E-state index in [0.29, 0.717) is 0 Å². The van der Waals surface area contributed by atoms with Gasteiger partial charge in [0.05, 0.1) is 0 Å². The summed E-state index contributed by atoms with van der Waals surface area (Å²) in [5, 5.41) is 3.61. The Bertz CT molecular complexity index is 496. The molecule has 2 heteroatoms. The Labute approximate surface area is 101 Å². The standard InChI is InChI=1S/C14H17NS/c1-3-11(10-16-4-2)13-9-15-14-8-6-5-7-12(13)14/h5-10,15H,3-4H2,1-2H3/b11-10+. The van der Waals surface area contributed by atoms with Crippen LogP contribution in [0.1, 0.15) is 25.8 Å². The molecule has 0 aliphatic carbocycles. The number of allylic oxidation sites excluding steroid dienone is 1. The summed E-state index contributed by atoms with van der Waals surface area (Å²) in [6.07, 6.45) is 3.20. The van der Waals surface area contributed by atoms with Crippen LogP contribution in [-0.4, -0.2) is 10.7 Å². The predicted octanol–water partition coefficient (Wildman–Crippen LogP) is 4.67. The van der Waals surface area contributed by atoms with E-state index < -0.39 is 0 Å². The van der Waals surface area contributed by atoms with Crippen molar-refractivity contribution in [2.24, 2.45) is 0 Å². The molecule has 1 N–H and O–H groups in total. The van der Waals surface area contributed by atoms with Gasteiger partial charge in [0.15, 0.2) is 0 Å². The number of para-hydroxylation sites is 1. The van der Waals surface area contributed by atoms with Crippen molar-refractivity contribution in [2.75, 3.05) is 5.75 Å². The van der Waals surface area contributed by atoms with Crippen molar-refractivity contribution in [1.82, 2.24) is 4.98 Å². The molecule has 0 aliphatic heterocycles. The van der Waals surface area contributed by atoms with Crippen molar-refractivity contribution in [3.63, 3.8) is 0 Å². The van der Waals surface area contributed by atoms with Gasteiger partial charge < -0.3 is 4.98 Å². The van der Waals surface area contributed by atoms with Crippen LogP contribution < -0.4 is 0 Å². The van der Waals surface area contributed by atoms with E-state index in [1.165, 1.54) is 22.0 Å². The number of hydrogen-bond donors (Lipinski definition) is 1. The minimum absolute atomic E-state index is 1.08. The summed E-state index contributed by atoms with van der Waals surface area (Å²) in [6, 6.07) is 8.47. The molecule has 0 atom stereocenters. The highest BCUT2D eigenvalue weighted by Gasteiger charge is 2.06. The number of nitrogens with one attached hydrogen (secondary N) is 1. The van der Waals surface area contributed by atoms with Crippen molar-refractivity contribution in [2.45, 2.75) is 20.3 Å². The minimum atomic E-state index is 1.08. The highest BCUT2D eigenvalue weighted by atomic mass is 32.2. The number of H-pyrrole nitrogens is 1. The SMILES string of the molecule is CCS/C=C(\CC)c1c[nH]c2ccccc12. The fourth-order valence-corrected chi connectivity index (χ4v) is 2.52. The van der Waals surface area contributed by atoms with E-state index in [1.54, 1.807) is 0 Å². The van der Waals surface area contributed by atoms with Gasteiger partial charge >= 0.3 is 0 Å². The lowest BCUT2D eigenvalue weighted by molar-refractivity contribution is 1.25. The van der Waals surface area contributed by atoms with Gasteiger partial charge in [-0.1, -0.05) is 32.0 Å². The first-order valence-electron chi connectivity index (χ1n) is 5.74. The van der Waals surface area contributed by atoms with Gasteiger partial charge in [-0.05, 0) is 29.2 Å². The van der Waals surface area contributed by atoms with Gasteiger partial charge in [0.2, 0.25) is 0 Å². The Morgan fingerprint density at radius 2 is 2.12 bits per heavy atom. The first kappa shape index (κ1) is 11.3. The average molecular weight is 231 g/mol. The molecule has 1 aromatic heterocycles. The molecular formula is C14H17NS. The monoisotopic (exact) mass is 231 g/mol. The Kier molecular flexibility index (Phi) is 3.73. The molecule has 16 heavy (non-hydrogen) atoms. The summed E-state index contributed by atoms with van der Waals surface area (Å²) in [4.78, 5) is 3.33. The zero-order valence-electron chi connectivity index (χ0n) is 9.79. The molecule has 1 nitrogen and oxygen atoms in total. The third-order valence-corrected chi connectivity index (χ3v) is 3.49. The van der Waals surface area contributed by atoms with Crippen LogP contribution in [0.15, 0.2) is 35.9 Å². The third kappa shape index (κ3) is 2.17. The third-order valence-electron chi connectivity index (χ3n) is 2.71. The number of aromatic amines is 1. The van der Waals surface area contributed by atoms with E-state index in [-0.39, 0.29) is 0 Å². The van der Waals surface area contributed by atoms with Crippen molar-refractivity contribution in [3.05, 3.63) is 41.4 Å². The summed E-state index contributed by atoms with van der Waals surface area (Å²) in [6.45, 7) is 4.40. The minimum Gasteiger partial charge on any atom is -0.361 e. The molecule has 0 fully saturated rings. The highest BCUT2D eigenvalue weighted by molar-refractivity contribution is 8.02. The maximum Gasteiger partial charge on any atom is 0.0460 e. The Hall–Kier alpha value is -1.15. The van der Waals surface area contributed by atoms with Crippen molar-refractivity contribution >= 4 is 28.2 Å². The topological polar surface area (TPSA) is 15.8 Å². The second kappa shape index (κ2) is 5.26. The summed E-state index contributed by atoms with van der Waals surface area (Å²) in [7, 11) is 0. The van der Waals surface area contributed by atoms with Crippen molar-refractivity contribution < 1.29 is 0 Å². The molecule has 0 radical (unpaired) electrons. The van der Waals surface area contributed by atoms with Crippen LogP contribution >= 0.6 is 11.8 Å². The average Bonchev–Trinajstić information content (AvgIpc) is 2.75. The van der Waals surface area contributed by atoms with E-state index in [4.69, 9.17) is 0 Å². The first-order valence-corrected chi connectivity index (χ1v) is 6.78. The van der Waals surface area contributed by atoms with Gasteiger partial charge in [-0.15, -0.1) is 11.8 Å². The normalized spacial score (nSPS) is 12.2. The smallest absolute Gasteiger partial charge is 0.0460 e. The molecule has 2 rings (SSSR count). The van der Waals surface area contributed by atoms with Crippen LogP contribution in [0.3, 0.4) is 0 Å². The number of thioether (sulfide) groups is 1. The zero-order valence-corrected chi connectivity index (χ0v) is 10.6. The fourth-order valence-electron chi connectivity index (χ4n) is 1.86. The van der Waals surface area contributed by atoms with E-state index in [0.717, 1.165) is 12.2 Å². The zero-order chi connectivity index (χ0) is 11.4. The molecule has 0 aliphatic rings. The van der Waals surface area contributed by atoms with Crippen molar-refractivity contribution in [3.8, 4) is 0 Å². The summed E-state index contributed by atoms with van der Waals surface area (Å²) >= 11 is 1.87. The second-order valence-corrected chi connectivity index (χ2v) is 4.85. The molecule has 84 valence electrons. The number of benzene rings is 1. The van der Waals surface area contributed by atoms with E-state index in [2.05, 4.69) is 54.7 Å². The summed E-state index contributed by atoms with van der Waals surface area (Å²) < 4.78 is 0. The number of rotatable bonds is 4. The molecule has 0 amide bonds. The van der Waals surface area contributed by atoms with Crippen LogP contribution in [0.25, 0.3) is 16.5 Å². The first-order chi connectivity index (χ1) is 7.86. The fraction of sp³-hybridized carbons (Fsp3) is 0.286. The molecule has 1 heterocycles. The van der Waals surface area contributed by atoms with Crippen LogP contribution in [-0.2, 0) is 0 Å². The largest absolute Gasteiger partial charge is 0.361 e. The summed E-state index contributed by atoms with van der Waals surface area (Å²) in [5.74, 6) is 1.13. The number of hydrogen-bond acceptors (Lipinski definition) is 1. The molecule has 0 unspecified atom stereocenters. The number of fused-ring (bicyclic) bond motifs is 1. The van der Waals surface area contributed by atoms with E-state index in [1.807, 2.05) is 11.8 Å². The second-order valence-electron chi connectivity index (χ2n) is 3.70. The van der Waals surface area contributed by atoms with Gasteiger partial charge in [-0.25, -0.2) is 0 Å². The van der Waals surface area contributed by atoms with Gasteiger partial charge in [-0.2, -0.15) is 0 Å². The maximum absolute atomic E-state index is 3.33. The van der Waals surface area contributed by atoms with Gasteiger partial charge in [-0.3, -0.25) is 0 Å². The Balaban J connectivity index is 2.45. The molecule has 0 bridgehead atoms. The lowest BCUT2D eigenvalue weighted by Crippen LogP contribution is -1.79. The maximum atomic E-state index is 3.33. The quantitative estimate of drug-likeness (QED) is 0.808. The number of aromatic nitrogens is 1.